The summed E-state index contributed by atoms with van der Waals surface area (Å²) in [7, 11) is 0. The summed E-state index contributed by atoms with van der Waals surface area (Å²) >= 11 is 0. The lowest BCUT2D eigenvalue weighted by atomic mass is 10.0. The van der Waals surface area contributed by atoms with Gasteiger partial charge in [0, 0.05) is 30.9 Å². The molecule has 2 heterocycles. The Morgan fingerprint density at radius 2 is 2.11 bits per heavy atom. The average Bonchev–Trinajstić information content (AvgIpc) is 2.82. The molecule has 1 atom stereocenters. The van der Waals surface area contributed by atoms with E-state index in [0.29, 0.717) is 5.92 Å². The molecule has 1 unspecified atom stereocenters. The third-order valence-electron chi connectivity index (χ3n) is 3.76. The largest absolute Gasteiger partial charge is 0.379 e. The first-order valence-corrected chi connectivity index (χ1v) is 6.90. The van der Waals surface area contributed by atoms with Crippen molar-refractivity contribution in [3.63, 3.8) is 0 Å². The van der Waals surface area contributed by atoms with Gasteiger partial charge in [0.05, 0.1) is 18.9 Å². The van der Waals surface area contributed by atoms with E-state index in [2.05, 4.69) is 36.0 Å². The van der Waals surface area contributed by atoms with Crippen molar-refractivity contribution in [2.75, 3.05) is 32.8 Å². The van der Waals surface area contributed by atoms with Crippen LogP contribution in [-0.2, 0) is 4.74 Å². The zero-order valence-corrected chi connectivity index (χ0v) is 11.6. The number of fused-ring (bicyclic) bond motifs is 1. The van der Waals surface area contributed by atoms with Gasteiger partial charge in [-0.25, -0.2) is 0 Å². The number of hydrogen-bond donors (Lipinski definition) is 0. The lowest BCUT2D eigenvalue weighted by Gasteiger charge is -2.28. The van der Waals surface area contributed by atoms with Crippen LogP contribution in [0.1, 0.15) is 24.1 Å². The molecule has 2 aromatic rings. The summed E-state index contributed by atoms with van der Waals surface area (Å²) in [5.41, 5.74) is 3.20. The van der Waals surface area contributed by atoms with Crippen molar-refractivity contribution >= 4 is 11.0 Å². The summed E-state index contributed by atoms with van der Waals surface area (Å²) in [6.45, 7) is 9.03. The van der Waals surface area contributed by atoms with E-state index in [9.17, 15) is 0 Å². The van der Waals surface area contributed by atoms with Gasteiger partial charge in [0.2, 0.25) is 0 Å². The number of nitrogens with zero attached hydrogens (tertiary/aromatic N) is 2. The number of aromatic nitrogens is 1. The third kappa shape index (κ3) is 2.65. The van der Waals surface area contributed by atoms with Crippen LogP contribution < -0.4 is 0 Å². The van der Waals surface area contributed by atoms with Crippen LogP contribution in [0.4, 0.5) is 0 Å². The van der Waals surface area contributed by atoms with Crippen molar-refractivity contribution in [3.8, 4) is 0 Å². The molecule has 19 heavy (non-hydrogen) atoms. The summed E-state index contributed by atoms with van der Waals surface area (Å²) in [5.74, 6) is 0.376. The van der Waals surface area contributed by atoms with Gasteiger partial charge >= 0.3 is 0 Å². The fourth-order valence-corrected chi connectivity index (χ4v) is 2.68. The molecule has 3 rings (SSSR count). The minimum atomic E-state index is 0.376. The topological polar surface area (TPSA) is 38.5 Å². The highest BCUT2D eigenvalue weighted by Crippen LogP contribution is 2.26. The summed E-state index contributed by atoms with van der Waals surface area (Å²) < 4.78 is 10.8. The van der Waals surface area contributed by atoms with Crippen molar-refractivity contribution in [1.82, 2.24) is 10.1 Å². The van der Waals surface area contributed by atoms with E-state index < -0.39 is 0 Å². The van der Waals surface area contributed by atoms with E-state index in [-0.39, 0.29) is 0 Å². The van der Waals surface area contributed by atoms with Gasteiger partial charge in [-0.05, 0) is 19.1 Å². The van der Waals surface area contributed by atoms with E-state index in [0.717, 1.165) is 49.5 Å². The van der Waals surface area contributed by atoms with Gasteiger partial charge in [0.25, 0.3) is 0 Å². The zero-order valence-electron chi connectivity index (χ0n) is 11.6. The molecule has 1 aliphatic rings. The average molecular weight is 260 g/mol. The number of rotatable bonds is 3. The molecule has 1 aromatic carbocycles. The summed E-state index contributed by atoms with van der Waals surface area (Å²) in [6.07, 6.45) is 0. The Kier molecular flexibility index (Phi) is 3.53. The minimum Gasteiger partial charge on any atom is -0.379 e. The van der Waals surface area contributed by atoms with E-state index >= 15 is 0 Å². The van der Waals surface area contributed by atoms with Crippen LogP contribution in [0.5, 0.6) is 0 Å². The van der Waals surface area contributed by atoms with Crippen LogP contribution in [0, 0.1) is 6.92 Å². The maximum Gasteiger partial charge on any atom is 0.167 e. The van der Waals surface area contributed by atoms with Crippen LogP contribution >= 0.6 is 0 Å². The van der Waals surface area contributed by atoms with Gasteiger partial charge in [-0.1, -0.05) is 23.7 Å². The minimum absolute atomic E-state index is 0.376. The number of ether oxygens (including phenoxy) is 1. The Labute approximate surface area is 113 Å². The van der Waals surface area contributed by atoms with E-state index in [1.54, 1.807) is 0 Å². The SMILES string of the molecule is Cc1ccc2onc(C(C)CN3CCOCC3)c2c1. The maximum atomic E-state index is 5.42. The molecule has 0 saturated carbocycles. The van der Waals surface area contributed by atoms with Gasteiger partial charge in [-0.15, -0.1) is 0 Å². The number of aryl methyl sites for hydroxylation is 1. The van der Waals surface area contributed by atoms with Crippen molar-refractivity contribution in [3.05, 3.63) is 29.5 Å². The Morgan fingerprint density at radius 3 is 2.89 bits per heavy atom. The molecule has 1 aromatic heterocycles. The van der Waals surface area contributed by atoms with Gasteiger partial charge in [0.1, 0.15) is 0 Å². The predicted octanol–water partition coefficient (Wildman–Crippen LogP) is 2.57. The van der Waals surface area contributed by atoms with Crippen LogP contribution in [0.3, 0.4) is 0 Å². The summed E-state index contributed by atoms with van der Waals surface area (Å²) in [5, 5.41) is 5.42. The van der Waals surface area contributed by atoms with Crippen LogP contribution in [0.15, 0.2) is 22.7 Å². The maximum absolute atomic E-state index is 5.42. The number of morpholine rings is 1. The predicted molar refractivity (Wildman–Crippen MR) is 74.4 cm³/mol. The molecule has 0 spiro atoms. The van der Waals surface area contributed by atoms with Gasteiger partial charge in [-0.2, -0.15) is 0 Å². The molecular formula is C15H20N2O2. The highest BCUT2D eigenvalue weighted by atomic mass is 16.5. The molecular weight excluding hydrogens is 240 g/mol. The first-order valence-electron chi connectivity index (χ1n) is 6.90. The summed E-state index contributed by atoms with van der Waals surface area (Å²) in [6, 6.07) is 6.23. The highest BCUT2D eigenvalue weighted by molar-refractivity contribution is 5.80. The van der Waals surface area contributed by atoms with Crippen LogP contribution in [0.2, 0.25) is 0 Å². The molecule has 4 heteroatoms. The fraction of sp³-hybridized carbons (Fsp3) is 0.533. The molecule has 1 saturated heterocycles. The Bertz CT molecular complexity index is 558. The van der Waals surface area contributed by atoms with Crippen LogP contribution in [0.25, 0.3) is 11.0 Å². The van der Waals surface area contributed by atoms with Crippen molar-refractivity contribution in [2.24, 2.45) is 0 Å². The van der Waals surface area contributed by atoms with E-state index in [1.165, 1.54) is 5.56 Å². The molecule has 102 valence electrons. The van der Waals surface area contributed by atoms with E-state index in [1.807, 2.05) is 6.07 Å². The highest BCUT2D eigenvalue weighted by Gasteiger charge is 2.19. The lowest BCUT2D eigenvalue weighted by Crippen LogP contribution is -2.38. The number of benzene rings is 1. The lowest BCUT2D eigenvalue weighted by molar-refractivity contribution is 0.0355. The molecule has 0 amide bonds. The fourth-order valence-electron chi connectivity index (χ4n) is 2.68. The second-order valence-corrected chi connectivity index (χ2v) is 5.38. The standard InChI is InChI=1S/C15H20N2O2/c1-11-3-4-14-13(9-11)15(16-19-14)12(2)10-17-5-7-18-8-6-17/h3-4,9,12H,5-8,10H2,1-2H3. The molecule has 1 aliphatic heterocycles. The number of hydrogen-bond acceptors (Lipinski definition) is 4. The molecule has 0 aliphatic carbocycles. The Balaban J connectivity index is 1.80. The third-order valence-corrected chi connectivity index (χ3v) is 3.76. The first kappa shape index (κ1) is 12.6. The molecule has 0 bridgehead atoms. The smallest absolute Gasteiger partial charge is 0.167 e. The van der Waals surface area contributed by atoms with Crippen molar-refractivity contribution in [2.45, 2.75) is 19.8 Å². The second-order valence-electron chi connectivity index (χ2n) is 5.38. The summed E-state index contributed by atoms with van der Waals surface area (Å²) in [4.78, 5) is 2.43. The Morgan fingerprint density at radius 1 is 1.32 bits per heavy atom. The second kappa shape index (κ2) is 5.31. The normalized spacial score (nSPS) is 18.8. The van der Waals surface area contributed by atoms with Gasteiger partial charge in [-0.3, -0.25) is 4.90 Å². The van der Waals surface area contributed by atoms with Gasteiger partial charge < -0.3 is 9.26 Å². The van der Waals surface area contributed by atoms with Crippen molar-refractivity contribution < 1.29 is 9.26 Å². The van der Waals surface area contributed by atoms with E-state index in [4.69, 9.17) is 9.26 Å². The van der Waals surface area contributed by atoms with Crippen molar-refractivity contribution in [1.29, 1.82) is 0 Å². The monoisotopic (exact) mass is 260 g/mol. The first-order chi connectivity index (χ1) is 9.24. The van der Waals surface area contributed by atoms with Crippen LogP contribution in [-0.4, -0.2) is 42.9 Å². The molecule has 1 fully saturated rings. The van der Waals surface area contributed by atoms with Gasteiger partial charge in [0.15, 0.2) is 5.58 Å². The molecule has 0 N–H and O–H groups in total. The zero-order chi connectivity index (χ0) is 13.2. The quantitative estimate of drug-likeness (QED) is 0.850. The Hall–Kier alpha value is -1.39. The molecule has 0 radical (unpaired) electrons. The molecule has 4 nitrogen and oxygen atoms in total.